The molecule has 1 N–H and O–H groups in total. The number of aliphatic carboxylic acids is 1. The summed E-state index contributed by atoms with van der Waals surface area (Å²) in [4.78, 5) is 23.5. The Kier molecular flexibility index (Phi) is 4.74. The second-order valence-electron chi connectivity index (χ2n) is 6.47. The molecule has 0 aliphatic heterocycles. The minimum Gasteiger partial charge on any atom is -0.481 e. The van der Waals surface area contributed by atoms with E-state index in [1.807, 2.05) is 41.5 Å². The van der Waals surface area contributed by atoms with Gasteiger partial charge in [0.2, 0.25) is 0 Å². The van der Waals surface area contributed by atoms with Gasteiger partial charge in [0, 0.05) is 12.0 Å². The summed E-state index contributed by atoms with van der Waals surface area (Å²) in [5.41, 5.74) is 4.45. The predicted molar refractivity (Wildman–Crippen MR) is 80.4 cm³/mol. The largest absolute Gasteiger partial charge is 0.481 e. The first kappa shape index (κ1) is 16.4. The van der Waals surface area contributed by atoms with E-state index in [-0.39, 0.29) is 18.6 Å². The van der Waals surface area contributed by atoms with Gasteiger partial charge in [-0.1, -0.05) is 19.9 Å². The molecule has 20 heavy (non-hydrogen) atoms. The smallest absolute Gasteiger partial charge is 0.303 e. The third-order valence-electron chi connectivity index (χ3n) is 3.91. The number of carboxylic acid groups (broad SMARTS) is 1. The molecule has 0 radical (unpaired) electrons. The molecule has 110 valence electrons. The lowest BCUT2D eigenvalue weighted by molar-refractivity contribution is -0.139. The molecule has 0 saturated heterocycles. The minimum atomic E-state index is -0.864. The van der Waals surface area contributed by atoms with Crippen molar-refractivity contribution >= 4 is 11.8 Å². The third kappa shape index (κ3) is 3.69. The highest BCUT2D eigenvalue weighted by Gasteiger charge is 2.27. The average Bonchev–Trinajstić information content (AvgIpc) is 2.23. The van der Waals surface area contributed by atoms with Crippen LogP contribution in [0.3, 0.4) is 0 Å². The van der Waals surface area contributed by atoms with Gasteiger partial charge >= 0.3 is 5.97 Å². The van der Waals surface area contributed by atoms with Crippen LogP contribution in [0.5, 0.6) is 0 Å². The second-order valence-corrected chi connectivity index (χ2v) is 6.47. The van der Waals surface area contributed by atoms with Gasteiger partial charge in [0.1, 0.15) is 0 Å². The van der Waals surface area contributed by atoms with Crippen LogP contribution >= 0.6 is 0 Å². The molecule has 0 aliphatic rings. The highest BCUT2D eigenvalue weighted by atomic mass is 16.4. The standard InChI is InChI=1S/C17H24O3/c1-10-7-11(2)13(4)16(12(10)3)14(18)8-17(5,6)9-15(19)20/h7H,8-9H2,1-6H3,(H,19,20). The lowest BCUT2D eigenvalue weighted by atomic mass is 9.80. The summed E-state index contributed by atoms with van der Waals surface area (Å²) < 4.78 is 0. The monoisotopic (exact) mass is 276 g/mol. The van der Waals surface area contributed by atoms with Gasteiger partial charge in [0.15, 0.2) is 5.78 Å². The summed E-state index contributed by atoms with van der Waals surface area (Å²) in [6, 6.07) is 2.09. The van der Waals surface area contributed by atoms with Crippen LogP contribution in [-0.4, -0.2) is 16.9 Å². The van der Waals surface area contributed by atoms with E-state index in [1.165, 1.54) is 0 Å². The van der Waals surface area contributed by atoms with Crippen LogP contribution in [0.25, 0.3) is 0 Å². The van der Waals surface area contributed by atoms with Crippen LogP contribution in [0.15, 0.2) is 6.07 Å². The molecule has 0 heterocycles. The first-order valence-corrected chi connectivity index (χ1v) is 6.87. The lowest BCUT2D eigenvalue weighted by Gasteiger charge is -2.23. The van der Waals surface area contributed by atoms with Crippen molar-refractivity contribution < 1.29 is 14.7 Å². The van der Waals surface area contributed by atoms with Crippen molar-refractivity contribution in [1.29, 1.82) is 0 Å². The Hall–Kier alpha value is -1.64. The summed E-state index contributed by atoms with van der Waals surface area (Å²) in [5, 5.41) is 8.92. The fourth-order valence-corrected chi connectivity index (χ4v) is 2.63. The normalized spacial score (nSPS) is 11.5. The van der Waals surface area contributed by atoms with Gasteiger partial charge in [-0.3, -0.25) is 9.59 Å². The van der Waals surface area contributed by atoms with Gasteiger partial charge in [-0.05, 0) is 55.4 Å². The fraction of sp³-hybridized carbons (Fsp3) is 0.529. The van der Waals surface area contributed by atoms with Gasteiger partial charge < -0.3 is 5.11 Å². The summed E-state index contributed by atoms with van der Waals surface area (Å²) in [6.45, 7) is 11.6. The summed E-state index contributed by atoms with van der Waals surface area (Å²) in [6.07, 6.45) is 0.255. The van der Waals surface area contributed by atoms with Crippen molar-refractivity contribution in [3.8, 4) is 0 Å². The van der Waals surface area contributed by atoms with Crippen molar-refractivity contribution in [3.63, 3.8) is 0 Å². The van der Waals surface area contributed by atoms with Crippen molar-refractivity contribution in [1.82, 2.24) is 0 Å². The van der Waals surface area contributed by atoms with E-state index in [4.69, 9.17) is 5.11 Å². The molecule has 0 aliphatic carbocycles. The van der Waals surface area contributed by atoms with Crippen LogP contribution in [-0.2, 0) is 4.79 Å². The van der Waals surface area contributed by atoms with Crippen molar-refractivity contribution in [3.05, 3.63) is 33.9 Å². The fourth-order valence-electron chi connectivity index (χ4n) is 2.63. The number of Topliss-reactive ketones (excluding diaryl/α,β-unsaturated/α-hetero) is 1. The molecule has 1 rings (SSSR count). The van der Waals surface area contributed by atoms with Crippen molar-refractivity contribution in [2.75, 3.05) is 0 Å². The number of rotatable bonds is 5. The van der Waals surface area contributed by atoms with E-state index < -0.39 is 11.4 Å². The molecule has 0 fully saturated rings. The van der Waals surface area contributed by atoms with Gasteiger partial charge in [-0.15, -0.1) is 0 Å². The van der Waals surface area contributed by atoms with Crippen LogP contribution in [0.2, 0.25) is 0 Å². The Morgan fingerprint density at radius 2 is 1.45 bits per heavy atom. The zero-order valence-electron chi connectivity index (χ0n) is 13.3. The topological polar surface area (TPSA) is 54.4 Å². The zero-order valence-corrected chi connectivity index (χ0v) is 13.3. The molecule has 0 amide bonds. The van der Waals surface area contributed by atoms with E-state index in [1.54, 1.807) is 0 Å². The predicted octanol–water partition coefficient (Wildman–Crippen LogP) is 3.99. The summed E-state index contributed by atoms with van der Waals surface area (Å²) in [7, 11) is 0. The summed E-state index contributed by atoms with van der Waals surface area (Å²) >= 11 is 0. The molecular formula is C17H24O3. The molecule has 0 saturated carbocycles. The SMILES string of the molecule is Cc1cc(C)c(C)c(C(=O)CC(C)(C)CC(=O)O)c1C. The maximum Gasteiger partial charge on any atom is 0.303 e. The third-order valence-corrected chi connectivity index (χ3v) is 3.91. The number of benzene rings is 1. The number of carboxylic acids is 1. The van der Waals surface area contributed by atoms with E-state index >= 15 is 0 Å². The first-order chi connectivity index (χ1) is 9.05. The lowest BCUT2D eigenvalue weighted by Crippen LogP contribution is -2.22. The Labute approximate surface area is 121 Å². The van der Waals surface area contributed by atoms with Gasteiger partial charge in [0.25, 0.3) is 0 Å². The highest BCUT2D eigenvalue weighted by molar-refractivity contribution is 6.00. The number of hydrogen-bond donors (Lipinski definition) is 1. The molecule has 1 aromatic carbocycles. The Morgan fingerprint density at radius 3 is 1.85 bits per heavy atom. The maximum absolute atomic E-state index is 12.6. The number of aryl methyl sites for hydroxylation is 2. The number of hydrogen-bond acceptors (Lipinski definition) is 2. The summed E-state index contributed by atoms with van der Waals surface area (Å²) in [5.74, 6) is -0.824. The van der Waals surface area contributed by atoms with Crippen LogP contribution < -0.4 is 0 Å². The minimum absolute atomic E-state index is 0.00162. The van der Waals surface area contributed by atoms with Crippen molar-refractivity contribution in [2.24, 2.45) is 5.41 Å². The first-order valence-electron chi connectivity index (χ1n) is 6.87. The van der Waals surface area contributed by atoms with Crippen LogP contribution in [0.1, 0.15) is 59.3 Å². The molecule has 1 aromatic rings. The van der Waals surface area contributed by atoms with E-state index in [0.717, 1.165) is 27.8 Å². The molecule has 0 atom stereocenters. The molecular weight excluding hydrogens is 252 g/mol. The average molecular weight is 276 g/mol. The molecule has 0 unspecified atom stereocenters. The second kappa shape index (κ2) is 5.78. The molecule has 3 nitrogen and oxygen atoms in total. The van der Waals surface area contributed by atoms with Crippen LogP contribution in [0, 0.1) is 33.1 Å². The molecule has 0 bridgehead atoms. The maximum atomic E-state index is 12.6. The molecule has 0 aromatic heterocycles. The van der Waals surface area contributed by atoms with Crippen molar-refractivity contribution in [2.45, 2.75) is 54.4 Å². The van der Waals surface area contributed by atoms with Gasteiger partial charge in [-0.25, -0.2) is 0 Å². The Bertz CT molecular complexity index is 528. The number of carbonyl (C=O) groups excluding carboxylic acids is 1. The zero-order chi connectivity index (χ0) is 15.7. The quantitative estimate of drug-likeness (QED) is 0.827. The molecule has 3 heteroatoms. The van der Waals surface area contributed by atoms with E-state index in [0.29, 0.717) is 0 Å². The van der Waals surface area contributed by atoms with Crippen LogP contribution in [0.4, 0.5) is 0 Å². The van der Waals surface area contributed by atoms with Gasteiger partial charge in [0.05, 0.1) is 6.42 Å². The Morgan fingerprint density at radius 1 is 1.00 bits per heavy atom. The Balaban J connectivity index is 3.14. The number of ketones is 1. The van der Waals surface area contributed by atoms with E-state index in [9.17, 15) is 9.59 Å². The van der Waals surface area contributed by atoms with E-state index in [2.05, 4.69) is 6.07 Å². The molecule has 0 spiro atoms. The number of carbonyl (C=O) groups is 2. The van der Waals surface area contributed by atoms with Gasteiger partial charge in [-0.2, -0.15) is 0 Å². The highest BCUT2D eigenvalue weighted by Crippen LogP contribution is 2.30.